The molecule has 5 heteroatoms. The van der Waals surface area contributed by atoms with Crippen LogP contribution >= 0.6 is 0 Å². The van der Waals surface area contributed by atoms with Gasteiger partial charge in [0.25, 0.3) is 0 Å². The maximum absolute atomic E-state index is 12.2. The number of aromatic nitrogens is 3. The zero-order valence-corrected chi connectivity index (χ0v) is 11.4. The van der Waals surface area contributed by atoms with E-state index >= 15 is 0 Å². The van der Waals surface area contributed by atoms with E-state index in [1.54, 1.807) is 10.9 Å². The van der Waals surface area contributed by atoms with Gasteiger partial charge in [-0.25, -0.2) is 0 Å². The van der Waals surface area contributed by atoms with Crippen LogP contribution in [0.15, 0.2) is 24.4 Å². The molecule has 20 heavy (non-hydrogen) atoms. The summed E-state index contributed by atoms with van der Waals surface area (Å²) in [4.78, 5) is 12.2. The molecule has 2 N–H and O–H groups in total. The predicted molar refractivity (Wildman–Crippen MR) is 75.6 cm³/mol. The first-order chi connectivity index (χ1) is 9.76. The third kappa shape index (κ3) is 2.63. The first kappa shape index (κ1) is 13.0. The summed E-state index contributed by atoms with van der Waals surface area (Å²) >= 11 is 0. The van der Waals surface area contributed by atoms with E-state index in [0.717, 1.165) is 18.4 Å². The lowest BCUT2D eigenvalue weighted by Gasteiger charge is -2.03. The van der Waals surface area contributed by atoms with Crippen LogP contribution in [0.4, 0.5) is 0 Å². The standard InChI is InChI=1S/C15H18N4O/c16-6-7-19-10-14(17-18-19)15(20)9-11-4-5-12-2-1-3-13(12)8-11/h4-5,8,10H,1-3,6-7,9,16H2. The lowest BCUT2D eigenvalue weighted by atomic mass is 10.0. The average Bonchev–Trinajstić information content (AvgIpc) is 3.07. The second-order valence-electron chi connectivity index (χ2n) is 5.21. The lowest BCUT2D eigenvalue weighted by molar-refractivity contribution is 0.0988. The van der Waals surface area contributed by atoms with Crippen molar-refractivity contribution in [1.29, 1.82) is 0 Å². The number of benzene rings is 1. The van der Waals surface area contributed by atoms with E-state index in [1.807, 2.05) is 6.07 Å². The number of nitrogens with zero attached hydrogens (tertiary/aromatic N) is 3. The summed E-state index contributed by atoms with van der Waals surface area (Å²) in [6, 6.07) is 6.35. The largest absolute Gasteiger partial charge is 0.329 e. The number of hydrogen-bond donors (Lipinski definition) is 1. The van der Waals surface area contributed by atoms with E-state index in [9.17, 15) is 4.79 Å². The van der Waals surface area contributed by atoms with Gasteiger partial charge in [0.1, 0.15) is 5.69 Å². The molecule has 0 radical (unpaired) electrons. The molecule has 0 saturated heterocycles. The molecule has 0 atom stereocenters. The highest BCUT2D eigenvalue weighted by Gasteiger charge is 2.15. The Balaban J connectivity index is 1.71. The van der Waals surface area contributed by atoms with Crippen molar-refractivity contribution in [2.75, 3.05) is 6.54 Å². The number of carbonyl (C=O) groups is 1. The van der Waals surface area contributed by atoms with Gasteiger partial charge in [-0.1, -0.05) is 23.4 Å². The molecule has 0 fully saturated rings. The van der Waals surface area contributed by atoms with Crippen LogP contribution in [0.25, 0.3) is 0 Å². The van der Waals surface area contributed by atoms with Crippen LogP contribution in [0.3, 0.4) is 0 Å². The zero-order valence-electron chi connectivity index (χ0n) is 11.4. The Morgan fingerprint density at radius 3 is 3.00 bits per heavy atom. The topological polar surface area (TPSA) is 73.8 Å². The third-order valence-electron chi connectivity index (χ3n) is 3.71. The van der Waals surface area contributed by atoms with Gasteiger partial charge in [0.2, 0.25) is 0 Å². The summed E-state index contributed by atoms with van der Waals surface area (Å²) in [5, 5.41) is 7.80. The molecule has 0 bridgehead atoms. The van der Waals surface area contributed by atoms with Crippen LogP contribution in [0.1, 0.15) is 33.6 Å². The highest BCUT2D eigenvalue weighted by atomic mass is 16.1. The van der Waals surface area contributed by atoms with Crippen molar-refractivity contribution in [3.05, 3.63) is 46.8 Å². The Morgan fingerprint density at radius 2 is 2.15 bits per heavy atom. The summed E-state index contributed by atoms with van der Waals surface area (Å²) < 4.78 is 1.61. The molecule has 2 aromatic rings. The molecule has 5 nitrogen and oxygen atoms in total. The lowest BCUT2D eigenvalue weighted by Crippen LogP contribution is -2.10. The summed E-state index contributed by atoms with van der Waals surface area (Å²) in [6.45, 7) is 1.07. The first-order valence-electron chi connectivity index (χ1n) is 7.00. The predicted octanol–water partition coefficient (Wildman–Crippen LogP) is 1.15. The fourth-order valence-electron chi connectivity index (χ4n) is 2.68. The summed E-state index contributed by atoms with van der Waals surface area (Å²) in [5.74, 6) is 0.00576. The molecule has 1 aliphatic rings. The quantitative estimate of drug-likeness (QED) is 0.827. The molecule has 0 unspecified atom stereocenters. The fourth-order valence-corrected chi connectivity index (χ4v) is 2.68. The second kappa shape index (κ2) is 5.54. The number of hydrogen-bond acceptors (Lipinski definition) is 4. The number of Topliss-reactive ketones (excluding diaryl/α,β-unsaturated/α-hetero) is 1. The highest BCUT2D eigenvalue weighted by Crippen LogP contribution is 2.23. The number of fused-ring (bicyclic) bond motifs is 1. The summed E-state index contributed by atoms with van der Waals surface area (Å²) in [7, 11) is 0. The third-order valence-corrected chi connectivity index (χ3v) is 3.71. The molecular formula is C15H18N4O. The van der Waals surface area contributed by atoms with Crippen LogP contribution in [-0.2, 0) is 25.8 Å². The molecule has 0 amide bonds. The number of carbonyl (C=O) groups excluding carboxylic acids is 1. The zero-order chi connectivity index (χ0) is 13.9. The van der Waals surface area contributed by atoms with Crippen molar-refractivity contribution in [2.45, 2.75) is 32.2 Å². The van der Waals surface area contributed by atoms with Crippen LogP contribution in [-0.4, -0.2) is 27.3 Å². The Labute approximate surface area is 117 Å². The monoisotopic (exact) mass is 270 g/mol. The molecule has 1 aromatic heterocycles. The van der Waals surface area contributed by atoms with E-state index in [4.69, 9.17) is 5.73 Å². The van der Waals surface area contributed by atoms with Crippen LogP contribution in [0.2, 0.25) is 0 Å². The Kier molecular flexibility index (Phi) is 3.60. The number of nitrogens with two attached hydrogens (primary N) is 1. The normalized spacial score (nSPS) is 13.4. The highest BCUT2D eigenvalue weighted by molar-refractivity contribution is 5.95. The minimum atomic E-state index is 0.00576. The smallest absolute Gasteiger partial charge is 0.189 e. The number of aryl methyl sites for hydroxylation is 2. The molecule has 104 valence electrons. The molecule has 0 saturated carbocycles. The van der Waals surface area contributed by atoms with Gasteiger partial charge in [-0.2, -0.15) is 0 Å². The average molecular weight is 270 g/mol. The Morgan fingerprint density at radius 1 is 1.30 bits per heavy atom. The minimum Gasteiger partial charge on any atom is -0.329 e. The van der Waals surface area contributed by atoms with Crippen LogP contribution in [0, 0.1) is 0 Å². The fraction of sp³-hybridized carbons (Fsp3) is 0.400. The summed E-state index contributed by atoms with van der Waals surface area (Å²) in [5.41, 5.74) is 9.74. The van der Waals surface area contributed by atoms with Crippen molar-refractivity contribution in [2.24, 2.45) is 5.73 Å². The Bertz CT molecular complexity index is 633. The SMILES string of the molecule is NCCn1cc(C(=O)Cc2ccc3c(c2)CCC3)nn1. The Hall–Kier alpha value is -2.01. The first-order valence-corrected chi connectivity index (χ1v) is 7.00. The van der Waals surface area contributed by atoms with E-state index < -0.39 is 0 Å². The van der Waals surface area contributed by atoms with Gasteiger partial charge in [-0.05, 0) is 36.0 Å². The van der Waals surface area contributed by atoms with Crippen molar-refractivity contribution < 1.29 is 4.79 Å². The van der Waals surface area contributed by atoms with Crippen molar-refractivity contribution in [3.8, 4) is 0 Å². The second-order valence-corrected chi connectivity index (χ2v) is 5.21. The van der Waals surface area contributed by atoms with Gasteiger partial charge in [0.15, 0.2) is 5.78 Å². The van der Waals surface area contributed by atoms with Crippen LogP contribution < -0.4 is 5.73 Å². The van der Waals surface area contributed by atoms with E-state index in [0.29, 0.717) is 25.2 Å². The van der Waals surface area contributed by atoms with E-state index in [1.165, 1.54) is 17.5 Å². The molecule has 3 rings (SSSR count). The minimum absolute atomic E-state index is 0.00576. The van der Waals surface area contributed by atoms with Crippen molar-refractivity contribution >= 4 is 5.78 Å². The molecule has 1 aliphatic carbocycles. The van der Waals surface area contributed by atoms with E-state index in [-0.39, 0.29) is 5.78 Å². The van der Waals surface area contributed by atoms with Gasteiger partial charge in [-0.15, -0.1) is 5.10 Å². The van der Waals surface area contributed by atoms with Crippen molar-refractivity contribution in [3.63, 3.8) is 0 Å². The number of ketones is 1. The van der Waals surface area contributed by atoms with Gasteiger partial charge < -0.3 is 5.73 Å². The van der Waals surface area contributed by atoms with Gasteiger partial charge >= 0.3 is 0 Å². The maximum Gasteiger partial charge on any atom is 0.189 e. The molecule has 1 heterocycles. The summed E-state index contributed by atoms with van der Waals surface area (Å²) in [6.07, 6.45) is 5.57. The maximum atomic E-state index is 12.2. The van der Waals surface area contributed by atoms with E-state index in [2.05, 4.69) is 22.4 Å². The molecule has 0 spiro atoms. The molecule has 0 aliphatic heterocycles. The molecule has 1 aromatic carbocycles. The van der Waals surface area contributed by atoms with Gasteiger partial charge in [-0.3, -0.25) is 9.48 Å². The molecular weight excluding hydrogens is 252 g/mol. The van der Waals surface area contributed by atoms with Gasteiger partial charge in [0, 0.05) is 13.0 Å². The van der Waals surface area contributed by atoms with Gasteiger partial charge in [0.05, 0.1) is 12.7 Å². The van der Waals surface area contributed by atoms with Crippen LogP contribution in [0.5, 0.6) is 0 Å². The number of rotatable bonds is 5. The van der Waals surface area contributed by atoms with Crippen molar-refractivity contribution in [1.82, 2.24) is 15.0 Å².